The average molecular weight is 274 g/mol. The highest BCUT2D eigenvalue weighted by Crippen LogP contribution is 2.17. The van der Waals surface area contributed by atoms with E-state index >= 15 is 0 Å². The van der Waals surface area contributed by atoms with Crippen molar-refractivity contribution in [2.75, 3.05) is 0 Å². The van der Waals surface area contributed by atoms with Gasteiger partial charge in [-0.25, -0.2) is 13.9 Å². The lowest BCUT2D eigenvalue weighted by molar-refractivity contribution is 0.136. The molecular weight excluding hydrogens is 266 g/mol. The second kappa shape index (κ2) is 4.84. The highest BCUT2D eigenvalue weighted by molar-refractivity contribution is 7.71. The Morgan fingerprint density at radius 1 is 1.65 bits per heavy atom. The van der Waals surface area contributed by atoms with E-state index in [2.05, 4.69) is 15.3 Å². The van der Waals surface area contributed by atoms with Crippen molar-refractivity contribution in [3.05, 3.63) is 32.5 Å². The normalized spacial score (nSPS) is 11.8. The van der Waals surface area contributed by atoms with Crippen molar-refractivity contribution < 1.29 is 8.78 Å². The largest absolute Gasteiger partial charge is 0.299 e. The Bertz CT molecular complexity index is 596. The maximum absolute atomic E-state index is 12.6. The Kier molecular flexibility index (Phi) is 3.43. The number of H-pyrrole nitrogens is 1. The third kappa shape index (κ3) is 2.47. The van der Waals surface area contributed by atoms with Crippen molar-refractivity contribution in [2.45, 2.75) is 13.3 Å². The molecule has 0 radical (unpaired) electrons. The minimum Gasteiger partial charge on any atom is -0.250 e. The molecule has 8 heteroatoms. The predicted octanol–water partition coefficient (Wildman–Crippen LogP) is 3.13. The number of nitrogens with one attached hydrogen (secondary N) is 1. The number of alkyl halides is 2. The number of aromatic amines is 1. The second-order valence-electron chi connectivity index (χ2n) is 3.21. The lowest BCUT2D eigenvalue weighted by atomic mass is 10.3. The first kappa shape index (κ1) is 12.1. The van der Waals surface area contributed by atoms with E-state index in [1.807, 2.05) is 18.4 Å². The molecule has 0 fully saturated rings. The standard InChI is InChI=1S/C9H8F2N4S2/c1-5-2-3-17-6(5)4-12-15-8(7(10)11)13-14-9(15)16/h2-4,7H,1H3,(H,14,16). The van der Waals surface area contributed by atoms with Crippen LogP contribution in [-0.4, -0.2) is 21.1 Å². The van der Waals surface area contributed by atoms with Gasteiger partial charge in [0.2, 0.25) is 10.6 Å². The summed E-state index contributed by atoms with van der Waals surface area (Å²) in [5.41, 5.74) is 1.03. The number of aryl methyl sites for hydroxylation is 1. The lowest BCUT2D eigenvalue weighted by Gasteiger charge is -1.97. The molecule has 90 valence electrons. The highest BCUT2D eigenvalue weighted by Gasteiger charge is 2.15. The van der Waals surface area contributed by atoms with Crippen molar-refractivity contribution in [3.63, 3.8) is 0 Å². The molecule has 0 aliphatic heterocycles. The third-order valence-corrected chi connectivity index (χ3v) is 3.28. The van der Waals surface area contributed by atoms with Gasteiger partial charge in [0.1, 0.15) is 0 Å². The molecule has 0 spiro atoms. The molecule has 0 atom stereocenters. The predicted molar refractivity (Wildman–Crippen MR) is 64.4 cm³/mol. The van der Waals surface area contributed by atoms with E-state index in [1.165, 1.54) is 17.6 Å². The molecule has 1 N–H and O–H groups in total. The Balaban J connectivity index is 2.36. The van der Waals surface area contributed by atoms with Gasteiger partial charge in [-0.1, -0.05) is 0 Å². The topological polar surface area (TPSA) is 46.0 Å². The molecular formula is C9H8F2N4S2. The van der Waals surface area contributed by atoms with E-state index in [0.717, 1.165) is 15.1 Å². The molecule has 4 nitrogen and oxygen atoms in total. The molecule has 0 amide bonds. The molecule has 2 aromatic heterocycles. The summed E-state index contributed by atoms with van der Waals surface area (Å²) in [6.07, 6.45) is -1.22. The van der Waals surface area contributed by atoms with Gasteiger partial charge in [-0.15, -0.1) is 11.3 Å². The molecule has 0 unspecified atom stereocenters. The van der Waals surface area contributed by atoms with Gasteiger partial charge in [0.25, 0.3) is 6.43 Å². The van der Waals surface area contributed by atoms with Gasteiger partial charge in [-0.2, -0.15) is 14.9 Å². The quantitative estimate of drug-likeness (QED) is 0.690. The number of nitrogens with zero attached hydrogens (tertiary/aromatic N) is 3. The maximum atomic E-state index is 12.6. The fraction of sp³-hybridized carbons (Fsp3) is 0.222. The average Bonchev–Trinajstić information content (AvgIpc) is 2.82. The first-order valence-corrected chi connectivity index (χ1v) is 5.92. The highest BCUT2D eigenvalue weighted by atomic mass is 32.1. The number of aromatic nitrogens is 3. The van der Waals surface area contributed by atoms with Gasteiger partial charge in [-0.3, -0.25) is 0 Å². The van der Waals surface area contributed by atoms with E-state index < -0.39 is 12.2 Å². The van der Waals surface area contributed by atoms with Crippen molar-refractivity contribution in [3.8, 4) is 0 Å². The summed E-state index contributed by atoms with van der Waals surface area (Å²) in [4.78, 5) is 0.897. The first-order chi connectivity index (χ1) is 8.09. The molecule has 0 aliphatic carbocycles. The zero-order chi connectivity index (χ0) is 12.4. The molecule has 2 heterocycles. The van der Waals surface area contributed by atoms with E-state index in [0.29, 0.717) is 0 Å². The fourth-order valence-electron chi connectivity index (χ4n) is 1.18. The van der Waals surface area contributed by atoms with E-state index in [-0.39, 0.29) is 4.77 Å². The number of halogens is 2. The number of rotatable bonds is 3. The molecule has 2 rings (SSSR count). The van der Waals surface area contributed by atoms with Crippen LogP contribution in [0.1, 0.15) is 22.7 Å². The van der Waals surface area contributed by atoms with Crippen LogP contribution in [-0.2, 0) is 0 Å². The van der Waals surface area contributed by atoms with E-state index in [1.54, 1.807) is 0 Å². The minimum absolute atomic E-state index is 0.0470. The Hall–Kier alpha value is -1.41. The first-order valence-electron chi connectivity index (χ1n) is 4.63. The van der Waals surface area contributed by atoms with Crippen molar-refractivity contribution in [1.29, 1.82) is 0 Å². The Morgan fingerprint density at radius 2 is 2.41 bits per heavy atom. The number of hydrogen-bond acceptors (Lipinski definition) is 4. The molecule has 0 saturated carbocycles. The van der Waals surface area contributed by atoms with Crippen LogP contribution in [0.15, 0.2) is 16.5 Å². The van der Waals surface area contributed by atoms with E-state index in [9.17, 15) is 8.78 Å². The van der Waals surface area contributed by atoms with Crippen LogP contribution in [0.5, 0.6) is 0 Å². The smallest absolute Gasteiger partial charge is 0.250 e. The van der Waals surface area contributed by atoms with Crippen LogP contribution in [0.2, 0.25) is 0 Å². The molecule has 17 heavy (non-hydrogen) atoms. The van der Waals surface area contributed by atoms with E-state index in [4.69, 9.17) is 12.2 Å². The van der Waals surface area contributed by atoms with Gasteiger partial charge in [0.15, 0.2) is 0 Å². The summed E-state index contributed by atoms with van der Waals surface area (Å²) >= 11 is 6.30. The van der Waals surface area contributed by atoms with Gasteiger partial charge in [-0.05, 0) is 36.2 Å². The molecule has 0 aliphatic rings. The minimum atomic E-state index is -2.72. The second-order valence-corrected chi connectivity index (χ2v) is 4.55. The fourth-order valence-corrected chi connectivity index (χ4v) is 2.15. The number of hydrogen-bond donors (Lipinski definition) is 1. The SMILES string of the molecule is Cc1ccsc1C=Nn1c(C(F)F)n[nH]c1=S. The van der Waals surface area contributed by atoms with Crippen LogP contribution < -0.4 is 0 Å². The zero-order valence-electron chi connectivity index (χ0n) is 8.72. The van der Waals surface area contributed by atoms with Gasteiger partial charge < -0.3 is 0 Å². The van der Waals surface area contributed by atoms with Crippen molar-refractivity contribution in [1.82, 2.24) is 14.9 Å². The summed E-state index contributed by atoms with van der Waals surface area (Å²) in [6, 6.07) is 1.93. The molecule has 2 aromatic rings. The van der Waals surface area contributed by atoms with Crippen LogP contribution >= 0.6 is 23.6 Å². The Labute approximate surface area is 105 Å². The van der Waals surface area contributed by atoms with Gasteiger partial charge in [0.05, 0.1) is 11.1 Å². The molecule has 0 saturated heterocycles. The summed E-state index contributed by atoms with van der Waals surface area (Å²) in [5, 5.41) is 11.5. The van der Waals surface area contributed by atoms with Crippen molar-refractivity contribution >= 4 is 29.8 Å². The van der Waals surface area contributed by atoms with Crippen LogP contribution in [0.25, 0.3) is 0 Å². The molecule has 0 aromatic carbocycles. The monoisotopic (exact) mass is 274 g/mol. The number of thiophene rings is 1. The third-order valence-electron chi connectivity index (χ3n) is 2.06. The van der Waals surface area contributed by atoms with Gasteiger partial charge >= 0.3 is 0 Å². The zero-order valence-corrected chi connectivity index (χ0v) is 10.4. The Morgan fingerprint density at radius 3 is 3.00 bits per heavy atom. The van der Waals surface area contributed by atoms with Crippen LogP contribution in [0.4, 0.5) is 8.78 Å². The lowest BCUT2D eigenvalue weighted by Crippen LogP contribution is -1.99. The van der Waals surface area contributed by atoms with Crippen molar-refractivity contribution in [2.24, 2.45) is 5.10 Å². The summed E-state index contributed by atoms with van der Waals surface area (Å²) in [5.74, 6) is -0.486. The molecule has 0 bridgehead atoms. The van der Waals surface area contributed by atoms with Crippen LogP contribution in [0.3, 0.4) is 0 Å². The van der Waals surface area contributed by atoms with Gasteiger partial charge in [0, 0.05) is 0 Å². The maximum Gasteiger partial charge on any atom is 0.299 e. The van der Waals surface area contributed by atoms with Crippen LogP contribution in [0, 0.1) is 11.7 Å². The summed E-state index contributed by atoms with van der Waals surface area (Å²) < 4.78 is 26.1. The summed E-state index contributed by atoms with van der Waals surface area (Å²) in [6.45, 7) is 1.92. The summed E-state index contributed by atoms with van der Waals surface area (Å²) in [7, 11) is 0.